The van der Waals surface area contributed by atoms with E-state index in [9.17, 15) is 26.7 Å². The second-order valence-electron chi connectivity index (χ2n) is 11.8. The van der Waals surface area contributed by atoms with Gasteiger partial charge in [-0.15, -0.1) is 0 Å². The van der Waals surface area contributed by atoms with E-state index < -0.39 is 37.5 Å². The van der Waals surface area contributed by atoms with Gasteiger partial charge in [-0.2, -0.15) is 0 Å². The molecule has 2 aromatic rings. The van der Waals surface area contributed by atoms with Crippen LogP contribution in [0.25, 0.3) is 0 Å². The van der Waals surface area contributed by atoms with Crippen molar-refractivity contribution in [3.05, 3.63) is 64.8 Å². The van der Waals surface area contributed by atoms with Gasteiger partial charge in [0.15, 0.2) is 0 Å². The minimum Gasteiger partial charge on any atom is -0.490 e. The molecular weight excluding hydrogens is 578 g/mol. The molecule has 2 aliphatic rings. The van der Waals surface area contributed by atoms with Crippen molar-refractivity contribution >= 4 is 37.4 Å². The first-order valence-electron chi connectivity index (χ1n) is 14.3. The third-order valence-corrected chi connectivity index (χ3v) is 11.0. The number of nitrogens with one attached hydrogen (secondary N) is 3. The lowest BCUT2D eigenvalue weighted by atomic mass is 9.85. The number of para-hydroxylation sites is 1. The first kappa shape index (κ1) is 31.8. The number of carbonyl (C=O) groups is 1. The molecule has 230 valence electrons. The lowest BCUT2D eigenvalue weighted by molar-refractivity contribution is -0.145. The highest BCUT2D eigenvalue weighted by atomic mass is 32.2. The smallest absolute Gasteiger partial charge is 0.316 e. The Morgan fingerprint density at radius 2 is 1.62 bits per heavy atom. The van der Waals surface area contributed by atoms with Gasteiger partial charge < -0.3 is 15.2 Å². The molecule has 12 heteroatoms. The topological polar surface area (TPSA) is 151 Å². The molecule has 4 N–H and O–H groups in total. The Hall–Kier alpha value is -3.09. The molecule has 1 unspecified atom stereocenters. The van der Waals surface area contributed by atoms with Gasteiger partial charge in [0.25, 0.3) is 20.0 Å². The van der Waals surface area contributed by atoms with Gasteiger partial charge in [0.1, 0.15) is 22.2 Å². The van der Waals surface area contributed by atoms with Crippen LogP contribution >= 0.6 is 0 Å². The van der Waals surface area contributed by atoms with Crippen LogP contribution in [0.1, 0.15) is 71.8 Å². The molecule has 0 radical (unpaired) electrons. The molecule has 42 heavy (non-hydrogen) atoms. The Morgan fingerprint density at radius 1 is 0.976 bits per heavy atom. The van der Waals surface area contributed by atoms with E-state index >= 15 is 0 Å². The van der Waals surface area contributed by atoms with Crippen LogP contribution < -0.4 is 14.8 Å². The highest BCUT2D eigenvalue weighted by Crippen LogP contribution is 2.42. The largest absolute Gasteiger partial charge is 0.490 e. The normalized spacial score (nSPS) is 20.1. The Kier molecular flexibility index (Phi) is 9.58. The number of ether oxygens (including phenoxy) is 1. The molecule has 0 saturated heterocycles. The first-order valence-corrected chi connectivity index (χ1v) is 17.3. The molecule has 10 nitrogen and oxygen atoms in total. The second-order valence-corrected chi connectivity index (χ2v) is 15.1. The predicted molar refractivity (Wildman–Crippen MR) is 163 cm³/mol. The maximum atomic E-state index is 13.2. The molecule has 0 bridgehead atoms. The van der Waals surface area contributed by atoms with Gasteiger partial charge in [0.05, 0.1) is 10.6 Å². The van der Waals surface area contributed by atoms with Crippen LogP contribution in [0.3, 0.4) is 0 Å². The van der Waals surface area contributed by atoms with Gasteiger partial charge in [0, 0.05) is 18.3 Å². The molecule has 0 spiro atoms. The van der Waals surface area contributed by atoms with Crippen molar-refractivity contribution in [3.63, 3.8) is 0 Å². The Bertz CT molecular complexity index is 1530. The second kappa shape index (κ2) is 12.6. The van der Waals surface area contributed by atoms with Crippen LogP contribution in [0.2, 0.25) is 0 Å². The van der Waals surface area contributed by atoms with Crippen LogP contribution in [-0.4, -0.2) is 39.6 Å². The minimum absolute atomic E-state index is 0.000154. The van der Waals surface area contributed by atoms with Crippen molar-refractivity contribution in [2.24, 2.45) is 11.8 Å². The van der Waals surface area contributed by atoms with Crippen molar-refractivity contribution in [1.82, 2.24) is 5.32 Å². The van der Waals surface area contributed by atoms with Gasteiger partial charge in [-0.05, 0) is 75.9 Å². The van der Waals surface area contributed by atoms with Gasteiger partial charge in [-0.25, -0.2) is 16.8 Å². The number of benzene rings is 2. The maximum absolute atomic E-state index is 13.2. The fourth-order valence-corrected chi connectivity index (χ4v) is 8.73. The van der Waals surface area contributed by atoms with Crippen LogP contribution in [0, 0.1) is 11.8 Å². The van der Waals surface area contributed by atoms with Crippen molar-refractivity contribution in [1.29, 1.82) is 0 Å². The number of hydrogen-bond donors (Lipinski definition) is 4. The van der Waals surface area contributed by atoms with Gasteiger partial charge in [-0.3, -0.25) is 14.2 Å². The number of hydrogen-bond acceptors (Lipinski definition) is 7. The lowest BCUT2D eigenvalue weighted by Crippen LogP contribution is -2.37. The van der Waals surface area contributed by atoms with E-state index in [1.165, 1.54) is 77.1 Å². The van der Waals surface area contributed by atoms with Crippen molar-refractivity contribution in [2.75, 3.05) is 9.44 Å². The lowest BCUT2D eigenvalue weighted by Gasteiger charge is -2.25. The fraction of sp³-hybridized carbons (Fsp3) is 0.500. The van der Waals surface area contributed by atoms with Gasteiger partial charge >= 0.3 is 5.97 Å². The zero-order valence-electron chi connectivity index (χ0n) is 24.5. The highest BCUT2D eigenvalue weighted by Gasteiger charge is 2.51. The molecule has 1 aliphatic carbocycles. The monoisotopic (exact) mass is 619 g/mol. The quantitative estimate of drug-likeness (QED) is 0.246. The number of anilines is 2. The molecule has 0 aromatic heterocycles. The van der Waals surface area contributed by atoms with Crippen molar-refractivity contribution < 1.29 is 31.5 Å². The third kappa shape index (κ3) is 7.45. The molecule has 1 fully saturated rings. The summed E-state index contributed by atoms with van der Waals surface area (Å²) >= 11 is 0. The van der Waals surface area contributed by atoms with E-state index in [0.717, 1.165) is 17.9 Å². The van der Waals surface area contributed by atoms with Crippen LogP contribution in [-0.2, 0) is 36.1 Å². The summed E-state index contributed by atoms with van der Waals surface area (Å²) in [5.41, 5.74) is 0.118. The molecule has 2 aromatic carbocycles. The standard InChI is InChI=1S/C30H41N3O7S2/c1-20(18-22-10-6-5-7-11-22)31-19-23-12-8-9-13-26(23)33-41(36,37)25-16-14-24(15-17-25)32-42(38,39)28-21(2)40-30(3,4)27(28)29(34)35/h8-9,12-17,20,22,27,31-33H,5-7,10-11,18-19H2,1-4H3,(H,34,35)/t20-,27?/m0/s1. The number of carboxylic acids is 1. The maximum Gasteiger partial charge on any atom is 0.316 e. The van der Waals surface area contributed by atoms with E-state index in [1.807, 2.05) is 12.1 Å². The number of sulfonamides is 2. The van der Waals surface area contributed by atoms with Crippen molar-refractivity contribution in [2.45, 2.75) is 89.3 Å². The molecular formula is C30H41N3O7S2. The number of carboxylic acid groups (broad SMARTS) is 1. The summed E-state index contributed by atoms with van der Waals surface area (Å²) in [5.74, 6) is -1.98. The van der Waals surface area contributed by atoms with Crippen LogP contribution in [0.15, 0.2) is 64.1 Å². The predicted octanol–water partition coefficient (Wildman–Crippen LogP) is 5.42. The Labute approximate surface area is 249 Å². The number of allylic oxidation sites excluding steroid dienone is 1. The summed E-state index contributed by atoms with van der Waals surface area (Å²) in [7, 11) is -8.28. The van der Waals surface area contributed by atoms with Crippen LogP contribution in [0.5, 0.6) is 0 Å². The Morgan fingerprint density at radius 3 is 2.26 bits per heavy atom. The SMILES string of the molecule is CC1=C(S(=O)(=O)Nc2ccc(S(=O)(=O)Nc3ccccc3CN[C@@H](C)CC3CCCCC3)cc2)C(C(=O)O)C(C)(C)O1. The van der Waals surface area contributed by atoms with E-state index in [4.69, 9.17) is 4.74 Å². The van der Waals surface area contributed by atoms with Gasteiger partial charge in [0.2, 0.25) is 0 Å². The zero-order valence-corrected chi connectivity index (χ0v) is 26.1. The Balaban J connectivity index is 1.43. The van der Waals surface area contributed by atoms with E-state index in [-0.39, 0.29) is 21.2 Å². The summed E-state index contributed by atoms with van der Waals surface area (Å²) in [4.78, 5) is 11.5. The minimum atomic E-state index is -4.30. The fourth-order valence-electron chi connectivity index (χ4n) is 5.96. The summed E-state index contributed by atoms with van der Waals surface area (Å²) in [5, 5.41) is 13.2. The summed E-state index contributed by atoms with van der Waals surface area (Å²) in [6.07, 6.45) is 7.56. The summed E-state index contributed by atoms with van der Waals surface area (Å²) in [6.45, 7) is 7.11. The average molecular weight is 620 g/mol. The highest BCUT2D eigenvalue weighted by molar-refractivity contribution is 7.96. The third-order valence-electron chi connectivity index (χ3n) is 7.99. The van der Waals surface area contributed by atoms with E-state index in [2.05, 4.69) is 21.7 Å². The van der Waals surface area contributed by atoms with Crippen LogP contribution in [0.4, 0.5) is 11.4 Å². The first-order chi connectivity index (χ1) is 19.7. The van der Waals surface area contributed by atoms with Gasteiger partial charge in [-0.1, -0.05) is 50.3 Å². The molecule has 1 saturated carbocycles. The number of aliphatic carboxylic acids is 1. The summed E-state index contributed by atoms with van der Waals surface area (Å²) in [6, 6.07) is 12.7. The average Bonchev–Trinajstić information content (AvgIpc) is 3.17. The van der Waals surface area contributed by atoms with E-state index in [0.29, 0.717) is 18.3 Å². The molecule has 0 amide bonds. The number of rotatable bonds is 12. The summed E-state index contributed by atoms with van der Waals surface area (Å²) < 4.78 is 63.3. The molecule has 4 rings (SSSR count). The zero-order chi connectivity index (χ0) is 30.7. The molecule has 2 atom stereocenters. The van der Waals surface area contributed by atoms with E-state index in [1.54, 1.807) is 12.1 Å². The molecule has 1 aliphatic heterocycles. The molecule has 1 heterocycles. The van der Waals surface area contributed by atoms with Crippen molar-refractivity contribution in [3.8, 4) is 0 Å².